The van der Waals surface area contributed by atoms with Crippen LogP contribution in [0.1, 0.15) is 24.2 Å². The number of aromatic nitrogens is 2. The van der Waals surface area contributed by atoms with Crippen LogP contribution in [0.15, 0.2) is 0 Å². The Bertz CT molecular complexity index is 417. The van der Waals surface area contributed by atoms with Crippen LogP contribution in [-0.2, 0) is 11.8 Å². The van der Waals surface area contributed by atoms with Gasteiger partial charge in [-0.05, 0) is 13.8 Å². The van der Waals surface area contributed by atoms with E-state index >= 15 is 0 Å². The lowest BCUT2D eigenvalue weighted by Crippen LogP contribution is -2.34. The van der Waals surface area contributed by atoms with Crippen molar-refractivity contribution in [3.63, 3.8) is 0 Å². The molecule has 1 rings (SSSR count). The topological polar surface area (TPSA) is 91.4 Å². The second kappa shape index (κ2) is 6.25. The lowest BCUT2D eigenvalue weighted by Gasteiger charge is -2.17. The Labute approximate surface area is 106 Å². The van der Waals surface area contributed by atoms with E-state index in [1.54, 1.807) is 25.8 Å². The zero-order chi connectivity index (χ0) is 13.7. The zero-order valence-corrected chi connectivity index (χ0v) is 11.2. The third kappa shape index (κ3) is 2.92. The fraction of sp³-hybridized carbons (Fsp3) is 0.636. The van der Waals surface area contributed by atoms with Crippen molar-refractivity contribution in [2.75, 3.05) is 20.3 Å². The van der Waals surface area contributed by atoms with E-state index in [0.717, 1.165) is 11.3 Å². The third-order valence-corrected chi connectivity index (χ3v) is 2.56. The van der Waals surface area contributed by atoms with E-state index in [2.05, 4.69) is 10.4 Å². The number of methoxy groups -OCH3 is 1. The van der Waals surface area contributed by atoms with Crippen molar-refractivity contribution >= 4 is 6.09 Å². The van der Waals surface area contributed by atoms with Crippen LogP contribution >= 0.6 is 0 Å². The zero-order valence-electron chi connectivity index (χ0n) is 11.2. The molecule has 0 aromatic carbocycles. The lowest BCUT2D eigenvalue weighted by molar-refractivity contribution is 0.148. The molecule has 1 aromatic rings. The summed E-state index contributed by atoms with van der Waals surface area (Å²) in [6.45, 7) is 4.13. The first-order chi connectivity index (χ1) is 8.54. The van der Waals surface area contributed by atoms with Gasteiger partial charge in [0.05, 0.1) is 31.0 Å². The molecule has 102 valence electrons. The molecule has 0 radical (unpaired) electrons. The molecule has 0 aliphatic carbocycles. The van der Waals surface area contributed by atoms with E-state index in [9.17, 15) is 4.79 Å². The van der Waals surface area contributed by atoms with E-state index in [1.165, 1.54) is 0 Å². The monoisotopic (exact) mass is 256 g/mol. The van der Waals surface area contributed by atoms with Crippen molar-refractivity contribution in [2.24, 2.45) is 12.8 Å². The number of nitrogens with zero attached hydrogens (tertiary/aromatic N) is 2. The van der Waals surface area contributed by atoms with Crippen LogP contribution in [0.5, 0.6) is 5.88 Å². The van der Waals surface area contributed by atoms with Gasteiger partial charge in [0.2, 0.25) is 5.88 Å². The van der Waals surface area contributed by atoms with Gasteiger partial charge in [-0.3, -0.25) is 0 Å². The highest BCUT2D eigenvalue weighted by Crippen LogP contribution is 2.27. The van der Waals surface area contributed by atoms with E-state index < -0.39 is 6.09 Å². The van der Waals surface area contributed by atoms with Crippen molar-refractivity contribution < 1.29 is 14.3 Å². The third-order valence-electron chi connectivity index (χ3n) is 2.56. The predicted molar refractivity (Wildman–Crippen MR) is 66.5 cm³/mol. The van der Waals surface area contributed by atoms with Crippen LogP contribution in [-0.4, -0.2) is 36.1 Å². The molecule has 18 heavy (non-hydrogen) atoms. The van der Waals surface area contributed by atoms with Gasteiger partial charge < -0.3 is 20.5 Å². The predicted octanol–water partition coefficient (Wildman–Crippen LogP) is 0.483. The minimum atomic E-state index is -0.502. The van der Waals surface area contributed by atoms with Crippen LogP contribution in [0.25, 0.3) is 0 Å². The first kappa shape index (κ1) is 14.3. The normalized spacial score (nSPS) is 12.1. The smallest absolute Gasteiger partial charge is 0.407 e. The summed E-state index contributed by atoms with van der Waals surface area (Å²) in [7, 11) is 3.32. The van der Waals surface area contributed by atoms with Crippen LogP contribution in [0, 0.1) is 6.92 Å². The highest BCUT2D eigenvalue weighted by Gasteiger charge is 2.24. The fourth-order valence-corrected chi connectivity index (χ4v) is 1.86. The number of hydrogen-bond donors (Lipinski definition) is 2. The van der Waals surface area contributed by atoms with Gasteiger partial charge in [0.15, 0.2) is 0 Å². The number of rotatable bonds is 5. The molecule has 0 bridgehead atoms. The van der Waals surface area contributed by atoms with Crippen LogP contribution in [0.4, 0.5) is 4.79 Å². The Morgan fingerprint density at radius 2 is 2.28 bits per heavy atom. The maximum Gasteiger partial charge on any atom is 0.407 e. The highest BCUT2D eigenvalue weighted by molar-refractivity contribution is 5.68. The number of alkyl carbamates (subject to hydrolysis) is 1. The molecule has 0 saturated heterocycles. The number of hydrogen-bond acceptors (Lipinski definition) is 5. The van der Waals surface area contributed by atoms with E-state index in [4.69, 9.17) is 15.2 Å². The summed E-state index contributed by atoms with van der Waals surface area (Å²) >= 11 is 0. The van der Waals surface area contributed by atoms with Gasteiger partial charge in [-0.2, -0.15) is 5.10 Å². The molecular weight excluding hydrogens is 236 g/mol. The second-order valence-electron chi connectivity index (χ2n) is 3.79. The number of nitrogens with one attached hydrogen (secondary N) is 1. The summed E-state index contributed by atoms with van der Waals surface area (Å²) in [6.07, 6.45) is -0.502. The van der Waals surface area contributed by atoms with Gasteiger partial charge in [-0.15, -0.1) is 0 Å². The Balaban J connectivity index is 2.98. The Morgan fingerprint density at radius 3 is 2.78 bits per heavy atom. The van der Waals surface area contributed by atoms with E-state index in [0.29, 0.717) is 12.5 Å². The van der Waals surface area contributed by atoms with Gasteiger partial charge in [-0.1, -0.05) is 0 Å². The van der Waals surface area contributed by atoms with Gasteiger partial charge in [-0.25, -0.2) is 9.48 Å². The maximum absolute atomic E-state index is 11.4. The van der Waals surface area contributed by atoms with Crippen molar-refractivity contribution in [3.8, 4) is 5.88 Å². The molecule has 1 amide bonds. The summed E-state index contributed by atoms with van der Waals surface area (Å²) < 4.78 is 11.7. The average molecular weight is 256 g/mol. The van der Waals surface area contributed by atoms with Crippen molar-refractivity contribution in [1.82, 2.24) is 15.1 Å². The van der Waals surface area contributed by atoms with Crippen molar-refractivity contribution in [3.05, 3.63) is 11.3 Å². The number of aryl methyl sites for hydroxylation is 2. The molecule has 1 aromatic heterocycles. The largest absolute Gasteiger partial charge is 0.481 e. The van der Waals surface area contributed by atoms with Crippen molar-refractivity contribution in [2.45, 2.75) is 19.9 Å². The van der Waals surface area contributed by atoms with E-state index in [1.807, 2.05) is 6.92 Å². The first-order valence-corrected chi connectivity index (χ1v) is 5.75. The molecule has 0 fully saturated rings. The molecule has 7 heteroatoms. The van der Waals surface area contributed by atoms with Crippen LogP contribution in [0.2, 0.25) is 0 Å². The average Bonchev–Trinajstić information content (AvgIpc) is 2.61. The number of carbonyl (C=O) groups excluding carboxylic acids is 1. The van der Waals surface area contributed by atoms with Gasteiger partial charge in [0, 0.05) is 13.6 Å². The summed E-state index contributed by atoms with van der Waals surface area (Å²) in [5.41, 5.74) is 7.23. The number of ether oxygens (including phenoxy) is 2. The number of amides is 1. The molecule has 1 heterocycles. The summed E-state index contributed by atoms with van der Waals surface area (Å²) in [5.74, 6) is 0.583. The Hall–Kier alpha value is -1.76. The number of nitrogens with two attached hydrogens (primary N) is 1. The van der Waals surface area contributed by atoms with E-state index in [-0.39, 0.29) is 12.6 Å². The molecule has 1 unspecified atom stereocenters. The highest BCUT2D eigenvalue weighted by atomic mass is 16.5. The Kier molecular flexibility index (Phi) is 4.96. The van der Waals surface area contributed by atoms with Crippen LogP contribution in [0.3, 0.4) is 0 Å². The minimum absolute atomic E-state index is 0.238. The quantitative estimate of drug-likeness (QED) is 0.799. The summed E-state index contributed by atoms with van der Waals surface area (Å²) in [6, 6.07) is -0.382. The fourth-order valence-electron chi connectivity index (χ4n) is 1.86. The standard InChI is InChI=1S/C11H20N4O3/c1-5-18-11(16)13-8(6-12)9-7(2)14-15(3)10(9)17-4/h8H,5-6,12H2,1-4H3,(H,13,16). The van der Waals surface area contributed by atoms with Gasteiger partial charge in [0.25, 0.3) is 0 Å². The molecule has 7 nitrogen and oxygen atoms in total. The summed E-state index contributed by atoms with van der Waals surface area (Å²) in [5, 5.41) is 6.94. The van der Waals surface area contributed by atoms with Crippen molar-refractivity contribution in [1.29, 1.82) is 0 Å². The molecule has 0 aliphatic heterocycles. The minimum Gasteiger partial charge on any atom is -0.481 e. The second-order valence-corrected chi connectivity index (χ2v) is 3.79. The SMILES string of the molecule is CCOC(=O)NC(CN)c1c(C)nn(C)c1OC. The molecule has 0 spiro atoms. The number of carbonyl (C=O) groups is 1. The van der Waals surface area contributed by atoms with Gasteiger partial charge in [0.1, 0.15) is 0 Å². The first-order valence-electron chi connectivity index (χ1n) is 5.75. The van der Waals surface area contributed by atoms with Crippen LogP contribution < -0.4 is 15.8 Å². The molecule has 0 saturated carbocycles. The molecule has 3 N–H and O–H groups in total. The summed E-state index contributed by atoms with van der Waals surface area (Å²) in [4.78, 5) is 11.4. The maximum atomic E-state index is 11.4. The Morgan fingerprint density at radius 1 is 1.61 bits per heavy atom. The van der Waals surface area contributed by atoms with Gasteiger partial charge >= 0.3 is 6.09 Å². The lowest BCUT2D eigenvalue weighted by atomic mass is 10.1. The molecular formula is C11H20N4O3. The molecule has 0 aliphatic rings. The molecule has 1 atom stereocenters.